The molecule has 0 spiro atoms. The molecule has 5 rings (SSSR count). The van der Waals surface area contributed by atoms with E-state index >= 15 is 0 Å². The van der Waals surface area contributed by atoms with Gasteiger partial charge in [0.2, 0.25) is 5.28 Å². The summed E-state index contributed by atoms with van der Waals surface area (Å²) in [5.41, 5.74) is 3.89. The van der Waals surface area contributed by atoms with E-state index in [9.17, 15) is 0 Å². The zero-order chi connectivity index (χ0) is 16.1. The summed E-state index contributed by atoms with van der Waals surface area (Å²) < 4.78 is 6.22. The topological polar surface area (TPSA) is 38.9 Å². The Morgan fingerprint density at radius 1 is 0.708 bits per heavy atom. The highest BCUT2D eigenvalue weighted by Gasteiger charge is 2.17. The Morgan fingerprint density at radius 2 is 1.50 bits per heavy atom. The number of hydrogen-bond acceptors (Lipinski definition) is 3. The van der Waals surface area contributed by atoms with E-state index in [1.165, 1.54) is 0 Å². The molecule has 0 unspecified atom stereocenters. The average molecular weight is 331 g/mol. The van der Waals surface area contributed by atoms with Crippen molar-refractivity contribution in [3.63, 3.8) is 0 Å². The summed E-state index contributed by atoms with van der Waals surface area (Å²) in [5.74, 6) is 0. The molecule has 2 aromatic heterocycles. The van der Waals surface area contributed by atoms with Crippen molar-refractivity contribution < 1.29 is 4.42 Å². The van der Waals surface area contributed by atoms with E-state index in [1.54, 1.807) is 0 Å². The van der Waals surface area contributed by atoms with E-state index in [1.807, 2.05) is 48.5 Å². The van der Waals surface area contributed by atoms with Crippen molar-refractivity contribution in [2.75, 3.05) is 0 Å². The van der Waals surface area contributed by atoms with Crippen LogP contribution in [0, 0.1) is 0 Å². The lowest BCUT2D eigenvalue weighted by atomic mass is 10.1. The van der Waals surface area contributed by atoms with Crippen LogP contribution in [-0.4, -0.2) is 9.97 Å². The van der Waals surface area contributed by atoms with Crippen LogP contribution in [-0.2, 0) is 0 Å². The van der Waals surface area contributed by atoms with E-state index in [0.29, 0.717) is 11.3 Å². The smallest absolute Gasteiger partial charge is 0.223 e. The predicted molar refractivity (Wildman–Crippen MR) is 97.3 cm³/mol. The predicted octanol–water partition coefficient (Wildman–Crippen LogP) is 5.85. The first-order valence-electron chi connectivity index (χ1n) is 7.64. The summed E-state index contributed by atoms with van der Waals surface area (Å²) in [7, 11) is 0. The normalized spacial score (nSPS) is 11.5. The molecule has 0 N–H and O–H groups in total. The second-order valence-electron chi connectivity index (χ2n) is 5.65. The lowest BCUT2D eigenvalue weighted by molar-refractivity contribution is 0.671. The van der Waals surface area contributed by atoms with Crippen LogP contribution in [0.2, 0.25) is 5.28 Å². The Kier molecular flexibility index (Phi) is 2.84. The Bertz CT molecular complexity index is 1210. The van der Waals surface area contributed by atoms with Gasteiger partial charge in [-0.15, -0.1) is 0 Å². The standard InChI is InChI=1S/C20H11ClN2O/c21-20-22-16(13-7-2-1-3-8-13)19-17(23-20)15-11-10-12-6-4-5-9-14(12)18(15)24-19/h1-11H. The fourth-order valence-electron chi connectivity index (χ4n) is 3.14. The zero-order valence-corrected chi connectivity index (χ0v) is 13.3. The minimum atomic E-state index is 0.220. The van der Waals surface area contributed by atoms with Crippen LogP contribution in [0.4, 0.5) is 0 Å². The third-order valence-electron chi connectivity index (χ3n) is 4.22. The summed E-state index contributed by atoms with van der Waals surface area (Å²) in [6.07, 6.45) is 0. The molecule has 0 radical (unpaired) electrons. The largest absolute Gasteiger partial charge is 0.451 e. The van der Waals surface area contributed by atoms with Gasteiger partial charge in [-0.3, -0.25) is 0 Å². The van der Waals surface area contributed by atoms with E-state index in [4.69, 9.17) is 16.0 Å². The molecule has 114 valence electrons. The van der Waals surface area contributed by atoms with Crippen molar-refractivity contribution in [3.8, 4) is 11.3 Å². The highest BCUT2D eigenvalue weighted by molar-refractivity contribution is 6.29. The van der Waals surface area contributed by atoms with Gasteiger partial charge in [0.1, 0.15) is 16.8 Å². The van der Waals surface area contributed by atoms with Gasteiger partial charge < -0.3 is 4.42 Å². The Hall–Kier alpha value is -2.91. The molecule has 0 saturated heterocycles. The van der Waals surface area contributed by atoms with Crippen LogP contribution >= 0.6 is 11.6 Å². The number of fused-ring (bicyclic) bond motifs is 5. The molecule has 24 heavy (non-hydrogen) atoms. The lowest BCUT2D eigenvalue weighted by Crippen LogP contribution is -1.88. The molecule has 3 aromatic carbocycles. The van der Waals surface area contributed by atoms with Crippen LogP contribution in [0.5, 0.6) is 0 Å². The van der Waals surface area contributed by atoms with E-state index < -0.39 is 0 Å². The molecule has 4 heteroatoms. The second kappa shape index (κ2) is 5.05. The number of furan rings is 1. The van der Waals surface area contributed by atoms with Gasteiger partial charge in [-0.1, -0.05) is 60.7 Å². The number of hydrogen-bond donors (Lipinski definition) is 0. The van der Waals surface area contributed by atoms with Gasteiger partial charge in [0.15, 0.2) is 5.58 Å². The molecule has 0 bridgehead atoms. The summed E-state index contributed by atoms with van der Waals surface area (Å²) in [5, 5.41) is 3.36. The minimum absolute atomic E-state index is 0.220. The minimum Gasteiger partial charge on any atom is -0.451 e. The van der Waals surface area contributed by atoms with Crippen LogP contribution in [0.3, 0.4) is 0 Å². The second-order valence-corrected chi connectivity index (χ2v) is 5.99. The van der Waals surface area contributed by atoms with Crippen molar-refractivity contribution in [3.05, 3.63) is 72.0 Å². The third kappa shape index (κ3) is 1.92. The molecule has 0 aliphatic carbocycles. The first-order chi connectivity index (χ1) is 11.8. The molecule has 5 aromatic rings. The summed E-state index contributed by atoms with van der Waals surface area (Å²) in [6, 6.07) is 22.1. The molecule has 0 aliphatic heterocycles. The van der Waals surface area contributed by atoms with E-state index in [-0.39, 0.29) is 5.28 Å². The fraction of sp³-hybridized carbons (Fsp3) is 0. The van der Waals surface area contributed by atoms with Gasteiger partial charge in [-0.05, 0) is 23.1 Å². The van der Waals surface area contributed by atoms with Crippen molar-refractivity contribution in [1.82, 2.24) is 9.97 Å². The maximum Gasteiger partial charge on any atom is 0.223 e. The van der Waals surface area contributed by atoms with E-state index in [2.05, 4.69) is 28.2 Å². The molecule has 0 saturated carbocycles. The molecule has 0 fully saturated rings. The number of rotatable bonds is 1. The number of aromatic nitrogens is 2. The maximum atomic E-state index is 6.22. The monoisotopic (exact) mass is 330 g/mol. The molecular formula is C20H11ClN2O. The molecule has 3 nitrogen and oxygen atoms in total. The van der Waals surface area contributed by atoms with Gasteiger partial charge in [-0.25, -0.2) is 9.97 Å². The Morgan fingerprint density at radius 3 is 2.38 bits per heavy atom. The first-order valence-corrected chi connectivity index (χ1v) is 8.02. The lowest BCUT2D eigenvalue weighted by Gasteiger charge is -2.01. The zero-order valence-electron chi connectivity index (χ0n) is 12.5. The molecule has 2 heterocycles. The van der Waals surface area contributed by atoms with Crippen LogP contribution < -0.4 is 0 Å². The van der Waals surface area contributed by atoms with Gasteiger partial charge >= 0.3 is 0 Å². The van der Waals surface area contributed by atoms with Gasteiger partial charge in [0.05, 0.1) is 0 Å². The summed E-state index contributed by atoms with van der Waals surface area (Å²) >= 11 is 6.19. The van der Waals surface area contributed by atoms with Crippen LogP contribution in [0.1, 0.15) is 0 Å². The first kappa shape index (κ1) is 13.5. The van der Waals surface area contributed by atoms with Crippen LogP contribution in [0.15, 0.2) is 71.1 Å². The quantitative estimate of drug-likeness (QED) is 0.362. The third-order valence-corrected chi connectivity index (χ3v) is 4.39. The fourth-order valence-corrected chi connectivity index (χ4v) is 3.30. The molecular weight excluding hydrogens is 320 g/mol. The highest BCUT2D eigenvalue weighted by atomic mass is 35.5. The average Bonchev–Trinajstić information content (AvgIpc) is 3.01. The summed E-state index contributed by atoms with van der Waals surface area (Å²) in [6.45, 7) is 0. The van der Waals surface area contributed by atoms with Gasteiger partial charge in [-0.2, -0.15) is 0 Å². The van der Waals surface area contributed by atoms with Crippen molar-refractivity contribution >= 4 is 44.4 Å². The maximum absolute atomic E-state index is 6.22. The Labute approximate surface area is 142 Å². The molecule has 0 amide bonds. The van der Waals surface area contributed by atoms with Crippen molar-refractivity contribution in [2.24, 2.45) is 0 Å². The van der Waals surface area contributed by atoms with Gasteiger partial charge in [0.25, 0.3) is 0 Å². The summed E-state index contributed by atoms with van der Waals surface area (Å²) in [4.78, 5) is 8.82. The highest BCUT2D eigenvalue weighted by Crippen LogP contribution is 2.37. The van der Waals surface area contributed by atoms with Crippen LogP contribution in [0.25, 0.3) is 44.1 Å². The molecule has 0 aliphatic rings. The van der Waals surface area contributed by atoms with Crippen molar-refractivity contribution in [1.29, 1.82) is 0 Å². The number of halogens is 1. The van der Waals surface area contributed by atoms with E-state index in [0.717, 1.165) is 32.8 Å². The SMILES string of the molecule is Clc1nc(-c2ccccc2)c2oc3c4ccccc4ccc3c2n1. The van der Waals surface area contributed by atoms with Gasteiger partial charge in [0, 0.05) is 16.3 Å². The Balaban J connectivity index is 1.97. The molecule has 0 atom stereocenters. The van der Waals surface area contributed by atoms with Crippen molar-refractivity contribution in [2.45, 2.75) is 0 Å². The number of nitrogens with zero attached hydrogens (tertiary/aromatic N) is 2. The number of benzene rings is 3.